The van der Waals surface area contributed by atoms with Crippen LogP contribution in [0.1, 0.15) is 25.0 Å². The van der Waals surface area contributed by atoms with Crippen LogP contribution in [-0.2, 0) is 10.2 Å². The van der Waals surface area contributed by atoms with E-state index in [1.54, 1.807) is 7.11 Å². The Kier molecular flexibility index (Phi) is 3.27. The Morgan fingerprint density at radius 3 is 2.71 bits per heavy atom. The van der Waals surface area contributed by atoms with E-state index >= 15 is 0 Å². The highest BCUT2D eigenvalue weighted by Gasteiger charge is 2.20. The largest absolute Gasteiger partial charge is 0.384 e. The second kappa shape index (κ2) is 4.26. The zero-order chi connectivity index (χ0) is 10.6. The Morgan fingerprint density at radius 1 is 1.43 bits per heavy atom. The Hall–Kier alpha value is -1.33. The van der Waals surface area contributed by atoms with Crippen molar-refractivity contribution in [3.63, 3.8) is 0 Å². The maximum absolute atomic E-state index is 8.78. The molecular formula is C12H15NO. The molecular weight excluding hydrogens is 174 g/mol. The third kappa shape index (κ3) is 2.34. The molecule has 74 valence electrons. The zero-order valence-electron chi connectivity index (χ0n) is 8.87. The summed E-state index contributed by atoms with van der Waals surface area (Å²) in [7, 11) is 1.69. The number of hydrogen-bond acceptors (Lipinski definition) is 2. The van der Waals surface area contributed by atoms with Crippen LogP contribution >= 0.6 is 0 Å². The molecule has 14 heavy (non-hydrogen) atoms. The lowest BCUT2D eigenvalue weighted by Crippen LogP contribution is -2.23. The van der Waals surface area contributed by atoms with Gasteiger partial charge in [-0.1, -0.05) is 26.0 Å². The first kappa shape index (κ1) is 10.7. The van der Waals surface area contributed by atoms with Crippen molar-refractivity contribution in [2.45, 2.75) is 19.3 Å². The zero-order valence-corrected chi connectivity index (χ0v) is 8.87. The van der Waals surface area contributed by atoms with Gasteiger partial charge < -0.3 is 4.74 Å². The molecule has 1 aromatic rings. The standard InChI is InChI=1S/C12H15NO/c1-12(2,9-14-3)11-6-4-5-10(7-11)8-13/h4-7H,9H2,1-3H3. The van der Waals surface area contributed by atoms with Crippen molar-refractivity contribution in [2.24, 2.45) is 0 Å². The van der Waals surface area contributed by atoms with Crippen LogP contribution in [0, 0.1) is 11.3 Å². The van der Waals surface area contributed by atoms with E-state index in [4.69, 9.17) is 10.00 Å². The number of benzene rings is 1. The van der Waals surface area contributed by atoms with Crippen LogP contribution in [0.15, 0.2) is 24.3 Å². The van der Waals surface area contributed by atoms with Crippen LogP contribution in [0.3, 0.4) is 0 Å². The van der Waals surface area contributed by atoms with E-state index in [-0.39, 0.29) is 5.41 Å². The normalized spacial score (nSPS) is 11.0. The van der Waals surface area contributed by atoms with Gasteiger partial charge in [-0.05, 0) is 17.7 Å². The van der Waals surface area contributed by atoms with Crippen molar-refractivity contribution in [3.05, 3.63) is 35.4 Å². The lowest BCUT2D eigenvalue weighted by Gasteiger charge is -2.24. The molecule has 0 amide bonds. The summed E-state index contributed by atoms with van der Waals surface area (Å²) in [6, 6.07) is 9.80. The van der Waals surface area contributed by atoms with E-state index < -0.39 is 0 Å². The number of methoxy groups -OCH3 is 1. The van der Waals surface area contributed by atoms with Crippen molar-refractivity contribution >= 4 is 0 Å². The first-order chi connectivity index (χ1) is 6.60. The van der Waals surface area contributed by atoms with Gasteiger partial charge in [-0.2, -0.15) is 5.26 Å². The van der Waals surface area contributed by atoms with E-state index in [0.717, 1.165) is 5.56 Å². The van der Waals surface area contributed by atoms with Gasteiger partial charge in [0.2, 0.25) is 0 Å². The Balaban J connectivity index is 3.01. The van der Waals surface area contributed by atoms with Gasteiger partial charge in [0, 0.05) is 12.5 Å². The fraction of sp³-hybridized carbons (Fsp3) is 0.417. The molecule has 0 aromatic heterocycles. The molecule has 0 aliphatic carbocycles. The minimum atomic E-state index is -0.0401. The molecule has 0 fully saturated rings. The molecule has 0 aliphatic heterocycles. The van der Waals surface area contributed by atoms with Crippen molar-refractivity contribution in [1.82, 2.24) is 0 Å². The number of nitriles is 1. The predicted octanol–water partition coefficient (Wildman–Crippen LogP) is 2.48. The molecule has 0 spiro atoms. The molecule has 0 N–H and O–H groups in total. The first-order valence-corrected chi connectivity index (χ1v) is 4.60. The van der Waals surface area contributed by atoms with Crippen LogP contribution in [0.2, 0.25) is 0 Å². The molecule has 0 saturated heterocycles. The quantitative estimate of drug-likeness (QED) is 0.731. The number of rotatable bonds is 3. The molecule has 1 aromatic carbocycles. The average Bonchev–Trinajstić information content (AvgIpc) is 2.18. The molecule has 2 nitrogen and oxygen atoms in total. The van der Waals surface area contributed by atoms with E-state index in [9.17, 15) is 0 Å². The average molecular weight is 189 g/mol. The minimum absolute atomic E-state index is 0.0401. The van der Waals surface area contributed by atoms with Crippen LogP contribution in [0.5, 0.6) is 0 Å². The Bertz CT molecular complexity index is 350. The SMILES string of the molecule is COCC(C)(C)c1cccc(C#N)c1. The van der Waals surface area contributed by atoms with Gasteiger partial charge in [0.25, 0.3) is 0 Å². The smallest absolute Gasteiger partial charge is 0.0991 e. The van der Waals surface area contributed by atoms with Crippen LogP contribution < -0.4 is 0 Å². The molecule has 0 bridgehead atoms. The summed E-state index contributed by atoms with van der Waals surface area (Å²) in [6.45, 7) is 4.86. The van der Waals surface area contributed by atoms with Crippen molar-refractivity contribution in [1.29, 1.82) is 5.26 Å². The van der Waals surface area contributed by atoms with Gasteiger partial charge in [0.1, 0.15) is 0 Å². The summed E-state index contributed by atoms with van der Waals surface area (Å²) in [6.07, 6.45) is 0. The van der Waals surface area contributed by atoms with Gasteiger partial charge in [-0.25, -0.2) is 0 Å². The fourth-order valence-electron chi connectivity index (χ4n) is 1.45. The van der Waals surface area contributed by atoms with Gasteiger partial charge >= 0.3 is 0 Å². The van der Waals surface area contributed by atoms with Gasteiger partial charge in [-0.3, -0.25) is 0 Å². The van der Waals surface area contributed by atoms with E-state index in [1.807, 2.05) is 24.3 Å². The molecule has 0 saturated carbocycles. The summed E-state index contributed by atoms with van der Waals surface area (Å²) in [4.78, 5) is 0. The highest BCUT2D eigenvalue weighted by atomic mass is 16.5. The maximum atomic E-state index is 8.78. The van der Waals surface area contributed by atoms with Crippen molar-refractivity contribution < 1.29 is 4.74 Å². The highest BCUT2D eigenvalue weighted by molar-refractivity contribution is 5.36. The summed E-state index contributed by atoms with van der Waals surface area (Å²) < 4.78 is 5.15. The van der Waals surface area contributed by atoms with Crippen LogP contribution in [0.4, 0.5) is 0 Å². The molecule has 0 aliphatic rings. The number of nitrogens with zero attached hydrogens (tertiary/aromatic N) is 1. The lowest BCUT2D eigenvalue weighted by molar-refractivity contribution is 0.146. The minimum Gasteiger partial charge on any atom is -0.384 e. The third-order valence-electron chi connectivity index (χ3n) is 2.28. The molecule has 0 radical (unpaired) electrons. The molecule has 0 atom stereocenters. The van der Waals surface area contributed by atoms with Crippen molar-refractivity contribution in [3.8, 4) is 6.07 Å². The van der Waals surface area contributed by atoms with E-state index in [2.05, 4.69) is 19.9 Å². The Labute approximate surface area is 85.1 Å². The fourth-order valence-corrected chi connectivity index (χ4v) is 1.45. The van der Waals surface area contributed by atoms with Crippen molar-refractivity contribution in [2.75, 3.05) is 13.7 Å². The van der Waals surface area contributed by atoms with E-state index in [0.29, 0.717) is 12.2 Å². The number of ether oxygens (including phenoxy) is 1. The predicted molar refractivity (Wildman–Crippen MR) is 56.1 cm³/mol. The first-order valence-electron chi connectivity index (χ1n) is 4.60. The summed E-state index contributed by atoms with van der Waals surface area (Å²) >= 11 is 0. The molecule has 1 rings (SSSR count). The summed E-state index contributed by atoms with van der Waals surface area (Å²) in [5.74, 6) is 0. The molecule has 0 heterocycles. The second-order valence-electron chi connectivity index (χ2n) is 4.01. The van der Waals surface area contributed by atoms with Gasteiger partial charge in [0.05, 0.1) is 18.2 Å². The molecule has 0 unspecified atom stereocenters. The summed E-state index contributed by atoms with van der Waals surface area (Å²) in [5.41, 5.74) is 1.80. The summed E-state index contributed by atoms with van der Waals surface area (Å²) in [5, 5.41) is 8.78. The third-order valence-corrected chi connectivity index (χ3v) is 2.28. The maximum Gasteiger partial charge on any atom is 0.0991 e. The topological polar surface area (TPSA) is 33.0 Å². The molecule has 2 heteroatoms. The Morgan fingerprint density at radius 2 is 2.14 bits per heavy atom. The van der Waals surface area contributed by atoms with Crippen LogP contribution in [-0.4, -0.2) is 13.7 Å². The second-order valence-corrected chi connectivity index (χ2v) is 4.01. The number of hydrogen-bond donors (Lipinski definition) is 0. The highest BCUT2D eigenvalue weighted by Crippen LogP contribution is 2.23. The lowest BCUT2D eigenvalue weighted by atomic mass is 9.85. The van der Waals surface area contributed by atoms with Crippen LogP contribution in [0.25, 0.3) is 0 Å². The monoisotopic (exact) mass is 189 g/mol. The van der Waals surface area contributed by atoms with Gasteiger partial charge in [0.15, 0.2) is 0 Å². The van der Waals surface area contributed by atoms with E-state index in [1.165, 1.54) is 0 Å². The van der Waals surface area contributed by atoms with Gasteiger partial charge in [-0.15, -0.1) is 0 Å².